The maximum atomic E-state index is 13.2. The van der Waals surface area contributed by atoms with Crippen molar-refractivity contribution in [1.82, 2.24) is 15.5 Å². The molecule has 0 bridgehead atoms. The molecule has 0 aromatic heterocycles. The Bertz CT molecular complexity index is 544. The van der Waals surface area contributed by atoms with Gasteiger partial charge in [-0.15, -0.1) is 24.0 Å². The highest BCUT2D eigenvalue weighted by Gasteiger charge is 2.23. The van der Waals surface area contributed by atoms with E-state index in [2.05, 4.69) is 22.5 Å². The van der Waals surface area contributed by atoms with E-state index in [9.17, 15) is 4.39 Å². The molecule has 0 saturated carbocycles. The zero-order valence-electron chi connectivity index (χ0n) is 15.8. The predicted octanol–water partition coefficient (Wildman–Crippen LogP) is 2.65. The molecule has 0 aliphatic carbocycles. The van der Waals surface area contributed by atoms with Crippen LogP contribution in [0.4, 0.5) is 4.39 Å². The Morgan fingerprint density at radius 3 is 2.96 bits per heavy atom. The summed E-state index contributed by atoms with van der Waals surface area (Å²) in [4.78, 5) is 7.20. The number of hydrogen-bond acceptors (Lipinski definition) is 3. The van der Waals surface area contributed by atoms with Crippen molar-refractivity contribution in [1.29, 1.82) is 0 Å². The van der Waals surface area contributed by atoms with Crippen LogP contribution in [0.3, 0.4) is 0 Å². The molecule has 7 heteroatoms. The lowest BCUT2D eigenvalue weighted by Crippen LogP contribution is -2.40. The molecular weight excluding hydrogens is 446 g/mol. The molecule has 1 atom stereocenters. The minimum absolute atomic E-state index is 0. The molecule has 0 amide bonds. The number of aliphatic imine (C=N–C) groups is 1. The molecule has 1 saturated heterocycles. The molecule has 26 heavy (non-hydrogen) atoms. The smallest absolute Gasteiger partial charge is 0.191 e. The van der Waals surface area contributed by atoms with Crippen LogP contribution in [0.5, 0.6) is 0 Å². The lowest BCUT2D eigenvalue weighted by atomic mass is 10.1. The van der Waals surface area contributed by atoms with Gasteiger partial charge < -0.3 is 15.4 Å². The fourth-order valence-corrected chi connectivity index (χ4v) is 3.16. The minimum Gasteiger partial charge on any atom is -0.383 e. The SMILES string of the molecule is CCNC(=NCC1CCCN1CCOC)NCCc1cccc(F)c1.I. The fourth-order valence-electron chi connectivity index (χ4n) is 3.16. The summed E-state index contributed by atoms with van der Waals surface area (Å²) in [5, 5.41) is 6.63. The van der Waals surface area contributed by atoms with Crippen molar-refractivity contribution in [2.45, 2.75) is 32.2 Å². The largest absolute Gasteiger partial charge is 0.383 e. The van der Waals surface area contributed by atoms with Gasteiger partial charge >= 0.3 is 0 Å². The molecule has 1 aromatic rings. The van der Waals surface area contributed by atoms with Crippen LogP contribution in [0.2, 0.25) is 0 Å². The first-order valence-corrected chi connectivity index (χ1v) is 9.22. The van der Waals surface area contributed by atoms with Crippen molar-refractivity contribution in [2.24, 2.45) is 4.99 Å². The Morgan fingerprint density at radius 2 is 2.23 bits per heavy atom. The van der Waals surface area contributed by atoms with Crippen LogP contribution in [0.15, 0.2) is 29.3 Å². The van der Waals surface area contributed by atoms with Crippen LogP contribution in [-0.4, -0.2) is 63.3 Å². The van der Waals surface area contributed by atoms with Gasteiger partial charge in [0.05, 0.1) is 13.2 Å². The Labute approximate surface area is 173 Å². The number of guanidine groups is 1. The molecule has 1 unspecified atom stereocenters. The molecule has 2 rings (SSSR count). The first kappa shape index (κ1) is 23.1. The first-order valence-electron chi connectivity index (χ1n) is 9.22. The Hall–Kier alpha value is -0.930. The van der Waals surface area contributed by atoms with E-state index in [1.54, 1.807) is 19.2 Å². The zero-order chi connectivity index (χ0) is 17.9. The normalized spacial score (nSPS) is 17.8. The van der Waals surface area contributed by atoms with Crippen LogP contribution in [0, 0.1) is 5.82 Å². The second-order valence-electron chi connectivity index (χ2n) is 6.35. The van der Waals surface area contributed by atoms with Gasteiger partial charge in [0.25, 0.3) is 0 Å². The molecule has 1 aliphatic rings. The van der Waals surface area contributed by atoms with E-state index in [1.165, 1.54) is 18.9 Å². The van der Waals surface area contributed by atoms with Gasteiger partial charge in [0.15, 0.2) is 5.96 Å². The van der Waals surface area contributed by atoms with E-state index < -0.39 is 0 Å². The number of benzene rings is 1. The number of nitrogens with zero attached hydrogens (tertiary/aromatic N) is 2. The molecule has 2 N–H and O–H groups in total. The molecule has 1 fully saturated rings. The van der Waals surface area contributed by atoms with Gasteiger partial charge in [0.2, 0.25) is 0 Å². The van der Waals surface area contributed by atoms with E-state index in [0.29, 0.717) is 6.04 Å². The summed E-state index contributed by atoms with van der Waals surface area (Å²) < 4.78 is 18.4. The van der Waals surface area contributed by atoms with Crippen molar-refractivity contribution in [2.75, 3.05) is 46.4 Å². The third kappa shape index (κ3) is 8.18. The van der Waals surface area contributed by atoms with Gasteiger partial charge in [0.1, 0.15) is 5.82 Å². The number of halogens is 2. The maximum Gasteiger partial charge on any atom is 0.191 e. The molecule has 0 spiro atoms. The minimum atomic E-state index is -0.185. The van der Waals surface area contributed by atoms with Crippen LogP contribution in [-0.2, 0) is 11.2 Å². The number of nitrogens with one attached hydrogen (secondary N) is 2. The zero-order valence-corrected chi connectivity index (χ0v) is 18.2. The molecule has 1 aromatic carbocycles. The number of rotatable bonds is 9. The third-order valence-corrected chi connectivity index (χ3v) is 4.48. The molecule has 5 nitrogen and oxygen atoms in total. The van der Waals surface area contributed by atoms with Gasteiger partial charge in [-0.25, -0.2) is 4.39 Å². The van der Waals surface area contributed by atoms with E-state index in [1.807, 2.05) is 6.07 Å². The van der Waals surface area contributed by atoms with Gasteiger partial charge in [-0.05, 0) is 50.4 Å². The summed E-state index contributed by atoms with van der Waals surface area (Å²) >= 11 is 0. The highest BCUT2D eigenvalue weighted by atomic mass is 127. The number of likely N-dealkylation sites (tertiary alicyclic amines) is 1. The van der Waals surface area contributed by atoms with E-state index in [0.717, 1.165) is 57.3 Å². The first-order chi connectivity index (χ1) is 12.2. The maximum absolute atomic E-state index is 13.2. The lowest BCUT2D eigenvalue weighted by molar-refractivity contribution is 0.142. The molecule has 0 radical (unpaired) electrons. The predicted molar refractivity (Wildman–Crippen MR) is 116 cm³/mol. The van der Waals surface area contributed by atoms with Gasteiger partial charge in [-0.1, -0.05) is 12.1 Å². The summed E-state index contributed by atoms with van der Waals surface area (Å²) in [6.45, 7) is 7.28. The number of ether oxygens (including phenoxy) is 1. The number of methoxy groups -OCH3 is 1. The average Bonchev–Trinajstić information content (AvgIpc) is 3.05. The molecule has 1 heterocycles. The second kappa shape index (κ2) is 13.3. The highest BCUT2D eigenvalue weighted by Crippen LogP contribution is 2.16. The Morgan fingerprint density at radius 1 is 1.38 bits per heavy atom. The molecule has 148 valence electrons. The van der Waals surface area contributed by atoms with Gasteiger partial charge in [-0.2, -0.15) is 0 Å². The van der Waals surface area contributed by atoms with E-state index >= 15 is 0 Å². The Kier molecular flexibility index (Phi) is 11.8. The summed E-state index contributed by atoms with van der Waals surface area (Å²) in [6, 6.07) is 7.24. The molecule has 1 aliphatic heterocycles. The highest BCUT2D eigenvalue weighted by molar-refractivity contribution is 14.0. The van der Waals surface area contributed by atoms with Crippen molar-refractivity contribution in [3.63, 3.8) is 0 Å². The van der Waals surface area contributed by atoms with Gasteiger partial charge in [-0.3, -0.25) is 9.89 Å². The summed E-state index contributed by atoms with van der Waals surface area (Å²) in [5.41, 5.74) is 0.991. The van der Waals surface area contributed by atoms with Crippen LogP contribution < -0.4 is 10.6 Å². The standard InChI is InChI=1S/C19H31FN4O.HI/c1-3-21-19(22-10-9-16-6-4-7-17(20)14-16)23-15-18-8-5-11-24(18)12-13-25-2;/h4,6-7,14,18H,3,5,8-13,15H2,1-2H3,(H2,21,22,23);1H. The summed E-state index contributed by atoms with van der Waals surface area (Å²) in [5.74, 6) is 0.646. The van der Waals surface area contributed by atoms with Crippen molar-refractivity contribution in [3.8, 4) is 0 Å². The van der Waals surface area contributed by atoms with Gasteiger partial charge in [0, 0.05) is 32.8 Å². The topological polar surface area (TPSA) is 48.9 Å². The Balaban J connectivity index is 0.00000338. The van der Waals surface area contributed by atoms with Crippen molar-refractivity contribution < 1.29 is 9.13 Å². The summed E-state index contributed by atoms with van der Waals surface area (Å²) in [7, 11) is 1.75. The van der Waals surface area contributed by atoms with Crippen LogP contribution >= 0.6 is 24.0 Å². The van der Waals surface area contributed by atoms with Crippen molar-refractivity contribution >= 4 is 29.9 Å². The van der Waals surface area contributed by atoms with Crippen molar-refractivity contribution in [3.05, 3.63) is 35.6 Å². The van der Waals surface area contributed by atoms with Crippen LogP contribution in [0.1, 0.15) is 25.3 Å². The third-order valence-electron chi connectivity index (χ3n) is 4.48. The lowest BCUT2D eigenvalue weighted by Gasteiger charge is -2.23. The number of hydrogen-bond donors (Lipinski definition) is 2. The fraction of sp³-hybridized carbons (Fsp3) is 0.632. The quantitative estimate of drug-likeness (QED) is 0.326. The summed E-state index contributed by atoms with van der Waals surface area (Å²) in [6.07, 6.45) is 3.19. The molecular formula is C19H32FIN4O. The van der Waals surface area contributed by atoms with E-state index in [4.69, 9.17) is 9.73 Å². The average molecular weight is 478 g/mol. The monoisotopic (exact) mass is 478 g/mol. The van der Waals surface area contributed by atoms with Crippen LogP contribution in [0.25, 0.3) is 0 Å². The van der Waals surface area contributed by atoms with E-state index in [-0.39, 0.29) is 29.8 Å². The second-order valence-corrected chi connectivity index (χ2v) is 6.35.